The van der Waals surface area contributed by atoms with Crippen molar-refractivity contribution < 1.29 is 23.1 Å². The third-order valence-electron chi connectivity index (χ3n) is 2.06. The molecule has 100 valence electrons. The van der Waals surface area contributed by atoms with Crippen molar-refractivity contribution in [2.45, 2.75) is 6.92 Å². The van der Waals surface area contributed by atoms with E-state index < -0.39 is 11.8 Å². The van der Waals surface area contributed by atoms with Crippen LogP contribution >= 0.6 is 11.6 Å². The molecule has 7 heteroatoms. The maximum absolute atomic E-state index is 13.2. The molecule has 0 amide bonds. The molecule has 0 bridgehead atoms. The van der Waals surface area contributed by atoms with Crippen LogP contribution in [-0.4, -0.2) is 17.6 Å². The Morgan fingerprint density at radius 3 is 3.00 bits per heavy atom. The van der Waals surface area contributed by atoms with Crippen LogP contribution in [0, 0.1) is 5.82 Å². The Bertz CT molecular complexity index is 599. The second-order valence-electron chi connectivity index (χ2n) is 3.40. The molecule has 0 fully saturated rings. The van der Waals surface area contributed by atoms with Crippen molar-refractivity contribution in [3.8, 4) is 11.8 Å². The maximum Gasteiger partial charge on any atom is 0.399 e. The Balaban J connectivity index is 2.11. The number of halogens is 2. The van der Waals surface area contributed by atoms with Gasteiger partial charge in [0.05, 0.1) is 11.6 Å². The molecular formula is C12H9ClFNO4. The number of rotatable bonds is 4. The Morgan fingerprint density at radius 2 is 2.32 bits per heavy atom. The number of hydrogen-bond acceptors (Lipinski definition) is 5. The highest BCUT2D eigenvalue weighted by atomic mass is 35.5. The topological polar surface area (TPSA) is 61.6 Å². The van der Waals surface area contributed by atoms with Gasteiger partial charge in [0.15, 0.2) is 5.69 Å². The number of esters is 1. The number of aromatic nitrogens is 1. The van der Waals surface area contributed by atoms with Gasteiger partial charge >= 0.3 is 12.0 Å². The molecule has 1 aromatic carbocycles. The first kappa shape index (κ1) is 13.4. The number of oxazole rings is 1. The average molecular weight is 286 g/mol. The van der Waals surface area contributed by atoms with Crippen LogP contribution in [-0.2, 0) is 4.74 Å². The number of hydrogen-bond donors (Lipinski definition) is 0. The molecule has 0 saturated carbocycles. The van der Waals surface area contributed by atoms with Crippen molar-refractivity contribution in [2.75, 3.05) is 6.61 Å². The van der Waals surface area contributed by atoms with Crippen molar-refractivity contribution in [3.63, 3.8) is 0 Å². The molecule has 5 nitrogen and oxygen atoms in total. The third kappa shape index (κ3) is 3.23. The van der Waals surface area contributed by atoms with Gasteiger partial charge in [0.1, 0.15) is 17.8 Å². The van der Waals surface area contributed by atoms with Crippen molar-refractivity contribution in [3.05, 3.63) is 41.0 Å². The van der Waals surface area contributed by atoms with Gasteiger partial charge in [-0.2, -0.15) is 4.98 Å². The van der Waals surface area contributed by atoms with Gasteiger partial charge in [-0.1, -0.05) is 11.6 Å². The fourth-order valence-corrected chi connectivity index (χ4v) is 1.36. The summed E-state index contributed by atoms with van der Waals surface area (Å²) in [6.45, 7) is 1.90. The molecule has 0 aliphatic heterocycles. The number of carbonyl (C=O) groups excluding carboxylic acids is 1. The van der Waals surface area contributed by atoms with E-state index in [1.54, 1.807) is 6.92 Å². The smallest absolute Gasteiger partial charge is 0.399 e. The highest BCUT2D eigenvalue weighted by Gasteiger charge is 2.14. The second-order valence-corrected chi connectivity index (χ2v) is 3.80. The van der Waals surface area contributed by atoms with E-state index in [0.29, 0.717) is 0 Å². The molecule has 1 heterocycles. The van der Waals surface area contributed by atoms with E-state index in [0.717, 1.165) is 12.3 Å². The zero-order chi connectivity index (χ0) is 13.8. The molecule has 0 atom stereocenters. The van der Waals surface area contributed by atoms with Crippen LogP contribution in [0.4, 0.5) is 4.39 Å². The molecular weight excluding hydrogens is 277 g/mol. The summed E-state index contributed by atoms with van der Waals surface area (Å²) in [5.41, 5.74) is -0.0220. The van der Waals surface area contributed by atoms with E-state index in [4.69, 9.17) is 25.5 Å². The summed E-state index contributed by atoms with van der Waals surface area (Å²) in [4.78, 5) is 15.1. The fraction of sp³-hybridized carbons (Fsp3) is 0.167. The van der Waals surface area contributed by atoms with Crippen LogP contribution in [0.3, 0.4) is 0 Å². The maximum atomic E-state index is 13.2. The van der Waals surface area contributed by atoms with E-state index in [-0.39, 0.29) is 29.1 Å². The van der Waals surface area contributed by atoms with Crippen LogP contribution < -0.4 is 4.74 Å². The lowest BCUT2D eigenvalue weighted by Gasteiger charge is -2.01. The minimum Gasteiger partial charge on any atom is -0.461 e. The van der Waals surface area contributed by atoms with Crippen LogP contribution in [0.15, 0.2) is 28.9 Å². The summed E-state index contributed by atoms with van der Waals surface area (Å²) in [5.74, 6) is -1.10. The molecule has 0 radical (unpaired) electrons. The summed E-state index contributed by atoms with van der Waals surface area (Å²) in [7, 11) is 0. The molecule has 0 N–H and O–H groups in total. The lowest BCUT2D eigenvalue weighted by molar-refractivity contribution is 0.0519. The lowest BCUT2D eigenvalue weighted by Crippen LogP contribution is -2.04. The Hall–Kier alpha value is -2.08. The molecule has 0 unspecified atom stereocenters. The highest BCUT2D eigenvalue weighted by Crippen LogP contribution is 2.25. The van der Waals surface area contributed by atoms with E-state index in [1.807, 2.05) is 0 Å². The van der Waals surface area contributed by atoms with Gasteiger partial charge in [-0.05, 0) is 19.1 Å². The Labute approximate surface area is 112 Å². The first-order valence-corrected chi connectivity index (χ1v) is 5.73. The molecule has 19 heavy (non-hydrogen) atoms. The predicted octanol–water partition coefficient (Wildman–Crippen LogP) is 3.44. The molecule has 0 aliphatic rings. The molecule has 0 saturated heterocycles. The molecule has 1 aromatic heterocycles. The zero-order valence-electron chi connectivity index (χ0n) is 9.85. The monoisotopic (exact) mass is 285 g/mol. The third-order valence-corrected chi connectivity index (χ3v) is 2.37. The van der Waals surface area contributed by atoms with Crippen molar-refractivity contribution in [2.24, 2.45) is 0 Å². The van der Waals surface area contributed by atoms with E-state index in [2.05, 4.69) is 4.98 Å². The number of benzene rings is 1. The first-order valence-electron chi connectivity index (χ1n) is 5.35. The minimum atomic E-state index is -0.628. The van der Waals surface area contributed by atoms with E-state index in [1.165, 1.54) is 12.1 Å². The van der Waals surface area contributed by atoms with Crippen LogP contribution in [0.2, 0.25) is 5.02 Å². The standard InChI is InChI=1S/C12H9ClFNO4/c1-2-17-11(16)10-6-18-12(15-10)19-7-3-4-8(13)9(14)5-7/h3-6H,2H2,1H3. The van der Waals surface area contributed by atoms with Crippen molar-refractivity contribution in [1.82, 2.24) is 4.98 Å². The Morgan fingerprint density at radius 1 is 1.53 bits per heavy atom. The van der Waals surface area contributed by atoms with Gasteiger partial charge in [0.2, 0.25) is 0 Å². The highest BCUT2D eigenvalue weighted by molar-refractivity contribution is 6.30. The van der Waals surface area contributed by atoms with Crippen LogP contribution in [0.1, 0.15) is 17.4 Å². The molecule has 0 aliphatic carbocycles. The van der Waals surface area contributed by atoms with Gasteiger partial charge in [0.25, 0.3) is 0 Å². The van der Waals surface area contributed by atoms with Gasteiger partial charge < -0.3 is 13.9 Å². The predicted molar refractivity (Wildman–Crippen MR) is 63.9 cm³/mol. The quantitative estimate of drug-likeness (QED) is 0.805. The number of ether oxygens (including phenoxy) is 2. The molecule has 0 spiro atoms. The normalized spacial score (nSPS) is 10.3. The number of carbonyl (C=O) groups is 1. The van der Waals surface area contributed by atoms with Gasteiger partial charge in [-0.15, -0.1) is 0 Å². The zero-order valence-corrected chi connectivity index (χ0v) is 10.6. The summed E-state index contributed by atoms with van der Waals surface area (Å²) < 4.78 is 28.0. The van der Waals surface area contributed by atoms with Crippen LogP contribution in [0.5, 0.6) is 11.8 Å². The summed E-state index contributed by atoms with van der Waals surface area (Å²) in [5, 5.41) is -0.0213. The fourth-order valence-electron chi connectivity index (χ4n) is 1.24. The lowest BCUT2D eigenvalue weighted by atomic mass is 10.3. The number of nitrogens with zero attached hydrogens (tertiary/aromatic N) is 1. The summed E-state index contributed by atoms with van der Waals surface area (Å²) >= 11 is 5.53. The van der Waals surface area contributed by atoms with Gasteiger partial charge in [0, 0.05) is 6.07 Å². The van der Waals surface area contributed by atoms with Gasteiger partial charge in [-0.25, -0.2) is 9.18 Å². The van der Waals surface area contributed by atoms with E-state index in [9.17, 15) is 9.18 Å². The van der Waals surface area contributed by atoms with E-state index >= 15 is 0 Å². The summed E-state index contributed by atoms with van der Waals surface area (Å²) in [6, 6.07) is 3.86. The van der Waals surface area contributed by atoms with Crippen molar-refractivity contribution in [1.29, 1.82) is 0 Å². The average Bonchev–Trinajstić information content (AvgIpc) is 2.83. The molecule has 2 aromatic rings. The summed E-state index contributed by atoms with van der Waals surface area (Å²) in [6.07, 6.45) is 0.907. The second kappa shape index (κ2) is 5.71. The van der Waals surface area contributed by atoms with Crippen LogP contribution in [0.25, 0.3) is 0 Å². The SMILES string of the molecule is CCOC(=O)c1coc(Oc2ccc(Cl)c(F)c2)n1. The minimum absolute atomic E-state index is 0.0213. The molecule has 2 rings (SSSR count). The largest absolute Gasteiger partial charge is 0.461 e. The Kier molecular flexibility index (Phi) is 4.01. The van der Waals surface area contributed by atoms with Gasteiger partial charge in [-0.3, -0.25) is 0 Å². The van der Waals surface area contributed by atoms with Crippen molar-refractivity contribution >= 4 is 17.6 Å². The first-order chi connectivity index (χ1) is 9.10.